The van der Waals surface area contributed by atoms with Crippen molar-refractivity contribution in [3.8, 4) is 0 Å². The summed E-state index contributed by atoms with van der Waals surface area (Å²) in [6.07, 6.45) is 2.47. The van der Waals surface area contributed by atoms with E-state index in [0.717, 1.165) is 31.1 Å². The Hall–Kier alpha value is -1.14. The summed E-state index contributed by atoms with van der Waals surface area (Å²) >= 11 is 1.34. The van der Waals surface area contributed by atoms with Crippen LogP contribution in [0.3, 0.4) is 0 Å². The Kier molecular flexibility index (Phi) is 4.54. The van der Waals surface area contributed by atoms with Gasteiger partial charge in [-0.15, -0.1) is 0 Å². The molecule has 0 aliphatic carbocycles. The highest BCUT2D eigenvalue weighted by molar-refractivity contribution is 7.17. The van der Waals surface area contributed by atoms with Crippen molar-refractivity contribution >= 4 is 22.4 Å². The fourth-order valence-electron chi connectivity index (χ4n) is 1.86. The second-order valence-corrected chi connectivity index (χ2v) is 5.17. The van der Waals surface area contributed by atoms with Crippen LogP contribution >= 0.6 is 11.3 Å². The van der Waals surface area contributed by atoms with Gasteiger partial charge in [-0.05, 0) is 26.7 Å². The first-order chi connectivity index (χ1) is 8.70. The number of ether oxygens (including phenoxy) is 2. The van der Waals surface area contributed by atoms with Crippen LogP contribution in [0.1, 0.15) is 35.1 Å². The van der Waals surface area contributed by atoms with Gasteiger partial charge < -0.3 is 14.8 Å². The lowest BCUT2D eigenvalue weighted by Gasteiger charge is -2.08. The van der Waals surface area contributed by atoms with Gasteiger partial charge in [0, 0.05) is 13.2 Å². The molecule has 1 saturated heterocycles. The zero-order valence-corrected chi connectivity index (χ0v) is 11.5. The van der Waals surface area contributed by atoms with Crippen LogP contribution in [0.25, 0.3) is 0 Å². The van der Waals surface area contributed by atoms with E-state index < -0.39 is 0 Å². The Morgan fingerprint density at radius 2 is 2.50 bits per heavy atom. The van der Waals surface area contributed by atoms with E-state index in [4.69, 9.17) is 9.47 Å². The van der Waals surface area contributed by atoms with Gasteiger partial charge in [0.05, 0.1) is 18.4 Å². The zero-order chi connectivity index (χ0) is 13.0. The SMILES string of the molecule is CCOC(=O)c1sc(NC[C@H]2CCCO2)nc1C. The van der Waals surface area contributed by atoms with Crippen molar-refractivity contribution in [2.45, 2.75) is 32.8 Å². The van der Waals surface area contributed by atoms with Gasteiger partial charge in [-0.1, -0.05) is 11.3 Å². The predicted octanol–water partition coefficient (Wildman–Crippen LogP) is 2.22. The summed E-state index contributed by atoms with van der Waals surface area (Å²) < 4.78 is 10.5. The minimum atomic E-state index is -0.294. The topological polar surface area (TPSA) is 60.5 Å². The lowest BCUT2D eigenvalue weighted by Crippen LogP contribution is -2.18. The number of nitrogens with one attached hydrogen (secondary N) is 1. The molecule has 0 radical (unpaired) electrons. The summed E-state index contributed by atoms with van der Waals surface area (Å²) in [4.78, 5) is 16.5. The Bertz CT molecular complexity index is 413. The molecule has 0 saturated carbocycles. The van der Waals surface area contributed by atoms with Crippen molar-refractivity contribution in [3.63, 3.8) is 0 Å². The van der Waals surface area contributed by atoms with Crippen LogP contribution < -0.4 is 5.32 Å². The van der Waals surface area contributed by atoms with Crippen LogP contribution in [0.4, 0.5) is 5.13 Å². The summed E-state index contributed by atoms with van der Waals surface area (Å²) in [6, 6.07) is 0. The first-order valence-corrected chi connectivity index (χ1v) is 7.02. The second kappa shape index (κ2) is 6.15. The van der Waals surface area contributed by atoms with Gasteiger partial charge in [0.25, 0.3) is 0 Å². The number of carbonyl (C=O) groups excluding carboxylic acids is 1. The molecular weight excluding hydrogens is 252 g/mol. The minimum absolute atomic E-state index is 0.264. The molecule has 0 bridgehead atoms. The molecule has 0 spiro atoms. The summed E-state index contributed by atoms with van der Waals surface area (Å²) in [5.74, 6) is -0.294. The summed E-state index contributed by atoms with van der Waals surface area (Å²) in [5.41, 5.74) is 0.716. The summed E-state index contributed by atoms with van der Waals surface area (Å²) in [5, 5.41) is 3.98. The fraction of sp³-hybridized carbons (Fsp3) is 0.667. The third-order valence-corrected chi connectivity index (χ3v) is 3.86. The maximum atomic E-state index is 11.6. The number of anilines is 1. The highest BCUT2D eigenvalue weighted by Crippen LogP contribution is 2.24. The summed E-state index contributed by atoms with van der Waals surface area (Å²) in [6.45, 7) is 5.59. The number of aromatic nitrogens is 1. The first kappa shape index (κ1) is 13.3. The highest BCUT2D eigenvalue weighted by Gasteiger charge is 2.18. The first-order valence-electron chi connectivity index (χ1n) is 6.20. The lowest BCUT2D eigenvalue weighted by atomic mass is 10.2. The number of rotatable bonds is 5. The third kappa shape index (κ3) is 3.20. The van der Waals surface area contributed by atoms with Gasteiger partial charge in [-0.2, -0.15) is 0 Å². The number of thiazole rings is 1. The molecule has 1 aromatic rings. The molecule has 6 heteroatoms. The fourth-order valence-corrected chi connectivity index (χ4v) is 2.73. The molecule has 0 unspecified atom stereocenters. The van der Waals surface area contributed by atoms with Crippen LogP contribution in [0.15, 0.2) is 0 Å². The van der Waals surface area contributed by atoms with E-state index in [2.05, 4.69) is 10.3 Å². The second-order valence-electron chi connectivity index (χ2n) is 4.17. The zero-order valence-electron chi connectivity index (χ0n) is 10.7. The molecule has 1 aliphatic heterocycles. The number of hydrogen-bond donors (Lipinski definition) is 1. The van der Waals surface area contributed by atoms with Gasteiger partial charge in [0.15, 0.2) is 5.13 Å². The monoisotopic (exact) mass is 270 g/mol. The van der Waals surface area contributed by atoms with Crippen LogP contribution in [0.5, 0.6) is 0 Å². The van der Waals surface area contributed by atoms with Gasteiger partial charge in [0.2, 0.25) is 0 Å². The Morgan fingerprint density at radius 3 is 3.17 bits per heavy atom. The van der Waals surface area contributed by atoms with Crippen molar-refractivity contribution in [1.82, 2.24) is 4.98 Å². The Balaban J connectivity index is 1.93. The highest BCUT2D eigenvalue weighted by atomic mass is 32.1. The molecule has 2 rings (SSSR count). The predicted molar refractivity (Wildman–Crippen MR) is 70.3 cm³/mol. The van der Waals surface area contributed by atoms with E-state index in [0.29, 0.717) is 17.2 Å². The van der Waals surface area contributed by atoms with Crippen LogP contribution in [0, 0.1) is 6.92 Å². The van der Waals surface area contributed by atoms with Crippen LogP contribution in [-0.4, -0.2) is 36.8 Å². The molecule has 18 heavy (non-hydrogen) atoms. The number of carbonyl (C=O) groups is 1. The lowest BCUT2D eigenvalue weighted by molar-refractivity contribution is 0.0531. The van der Waals surface area contributed by atoms with Crippen molar-refractivity contribution < 1.29 is 14.3 Å². The molecule has 1 fully saturated rings. The number of aryl methyl sites for hydroxylation is 1. The van der Waals surface area contributed by atoms with E-state index in [1.54, 1.807) is 6.92 Å². The van der Waals surface area contributed by atoms with E-state index >= 15 is 0 Å². The van der Waals surface area contributed by atoms with Gasteiger partial charge in [-0.3, -0.25) is 0 Å². The summed E-state index contributed by atoms with van der Waals surface area (Å²) in [7, 11) is 0. The average molecular weight is 270 g/mol. The Morgan fingerprint density at radius 1 is 1.67 bits per heavy atom. The van der Waals surface area contributed by atoms with E-state index in [-0.39, 0.29) is 12.1 Å². The average Bonchev–Trinajstić information content (AvgIpc) is 2.96. The number of hydrogen-bond acceptors (Lipinski definition) is 6. The van der Waals surface area contributed by atoms with E-state index in [1.807, 2.05) is 6.92 Å². The Labute approximate surface area is 111 Å². The number of nitrogens with zero attached hydrogens (tertiary/aromatic N) is 1. The van der Waals surface area contributed by atoms with Crippen molar-refractivity contribution in [2.75, 3.05) is 25.1 Å². The van der Waals surface area contributed by atoms with Crippen LogP contribution in [0.2, 0.25) is 0 Å². The molecule has 5 nitrogen and oxygen atoms in total. The van der Waals surface area contributed by atoms with Gasteiger partial charge in [-0.25, -0.2) is 9.78 Å². The quantitative estimate of drug-likeness (QED) is 0.831. The van der Waals surface area contributed by atoms with E-state index in [1.165, 1.54) is 11.3 Å². The maximum Gasteiger partial charge on any atom is 0.350 e. The minimum Gasteiger partial charge on any atom is -0.462 e. The molecule has 100 valence electrons. The molecule has 2 heterocycles. The largest absolute Gasteiger partial charge is 0.462 e. The molecular formula is C12H18N2O3S. The standard InChI is InChI=1S/C12H18N2O3S/c1-3-16-11(15)10-8(2)14-12(18-10)13-7-9-5-4-6-17-9/h9H,3-7H2,1-2H3,(H,13,14)/t9-/m1/s1. The van der Waals surface area contributed by atoms with E-state index in [9.17, 15) is 4.79 Å². The number of esters is 1. The van der Waals surface area contributed by atoms with Crippen molar-refractivity contribution in [1.29, 1.82) is 0 Å². The van der Waals surface area contributed by atoms with Crippen molar-refractivity contribution in [2.24, 2.45) is 0 Å². The smallest absolute Gasteiger partial charge is 0.350 e. The maximum absolute atomic E-state index is 11.6. The van der Waals surface area contributed by atoms with Gasteiger partial charge in [0.1, 0.15) is 4.88 Å². The van der Waals surface area contributed by atoms with Crippen LogP contribution in [-0.2, 0) is 9.47 Å². The molecule has 1 aliphatic rings. The normalized spacial score (nSPS) is 18.9. The molecule has 0 amide bonds. The molecule has 1 N–H and O–H groups in total. The van der Waals surface area contributed by atoms with Crippen molar-refractivity contribution in [3.05, 3.63) is 10.6 Å². The molecule has 1 atom stereocenters. The molecule has 1 aromatic heterocycles. The molecule has 0 aromatic carbocycles. The van der Waals surface area contributed by atoms with Gasteiger partial charge >= 0.3 is 5.97 Å². The third-order valence-electron chi connectivity index (χ3n) is 2.76.